The number of fused-ring (bicyclic) bond motifs is 2. The molecule has 0 fully saturated rings. The first-order valence-corrected chi connectivity index (χ1v) is 7.70. The van der Waals surface area contributed by atoms with E-state index < -0.39 is 5.60 Å². The van der Waals surface area contributed by atoms with Gasteiger partial charge in [0.25, 0.3) is 0 Å². The summed E-state index contributed by atoms with van der Waals surface area (Å²) in [7, 11) is 1.97. The number of hydrogen-bond donors (Lipinski definition) is 1. The van der Waals surface area contributed by atoms with Gasteiger partial charge in [0.05, 0.1) is 0 Å². The van der Waals surface area contributed by atoms with Gasteiger partial charge in [-0.2, -0.15) is 0 Å². The van der Waals surface area contributed by atoms with Gasteiger partial charge in [-0.15, -0.1) is 0 Å². The second-order valence-electron chi connectivity index (χ2n) is 6.00. The predicted molar refractivity (Wildman–Crippen MR) is 87.3 cm³/mol. The lowest BCUT2D eigenvalue weighted by atomic mass is 9.81. The molecule has 0 amide bonds. The fraction of sp³-hybridized carbons (Fsp3) is 0.150. The van der Waals surface area contributed by atoms with Gasteiger partial charge in [0, 0.05) is 29.7 Å². The van der Waals surface area contributed by atoms with Crippen LogP contribution >= 0.6 is 0 Å². The molecule has 23 heavy (non-hydrogen) atoms. The standard InChI is InChI=1S/C20H18NO2/c1-21-12-10-16(11-13-21)20(22)14-15-6-2-4-8-18(15)23-19-9-5-3-7-17(19)20/h2-13,22H,14H2,1H3/q+1. The van der Waals surface area contributed by atoms with E-state index >= 15 is 0 Å². The van der Waals surface area contributed by atoms with Crippen LogP contribution in [0, 0.1) is 0 Å². The summed E-state index contributed by atoms with van der Waals surface area (Å²) >= 11 is 0. The Balaban J connectivity index is 1.96. The van der Waals surface area contributed by atoms with Crippen LogP contribution in [-0.2, 0) is 19.1 Å². The SMILES string of the molecule is C[n+]1ccc(C2(O)Cc3ccccc3Oc3ccccc32)cc1. The van der Waals surface area contributed by atoms with Gasteiger partial charge in [-0.05, 0) is 17.7 Å². The van der Waals surface area contributed by atoms with Crippen LogP contribution in [0.3, 0.4) is 0 Å². The van der Waals surface area contributed by atoms with Gasteiger partial charge in [0.1, 0.15) is 24.1 Å². The first-order chi connectivity index (χ1) is 11.2. The van der Waals surface area contributed by atoms with Crippen LogP contribution in [0.2, 0.25) is 0 Å². The fourth-order valence-electron chi connectivity index (χ4n) is 3.17. The molecular formula is C20H18NO2+. The van der Waals surface area contributed by atoms with Crippen molar-refractivity contribution in [2.24, 2.45) is 7.05 Å². The summed E-state index contributed by atoms with van der Waals surface area (Å²) in [6.07, 6.45) is 4.38. The van der Waals surface area contributed by atoms with Crippen molar-refractivity contribution in [3.8, 4) is 11.5 Å². The number of ether oxygens (including phenoxy) is 1. The fourth-order valence-corrected chi connectivity index (χ4v) is 3.17. The Morgan fingerprint density at radius 2 is 1.57 bits per heavy atom. The van der Waals surface area contributed by atoms with E-state index in [1.807, 2.05) is 84.7 Å². The van der Waals surface area contributed by atoms with Crippen molar-refractivity contribution >= 4 is 0 Å². The summed E-state index contributed by atoms with van der Waals surface area (Å²) < 4.78 is 8.04. The molecule has 1 atom stereocenters. The molecule has 2 aromatic carbocycles. The van der Waals surface area contributed by atoms with E-state index in [9.17, 15) is 5.11 Å². The molecule has 3 heteroatoms. The molecule has 4 rings (SSSR count). The van der Waals surface area contributed by atoms with Crippen LogP contribution in [0.15, 0.2) is 73.1 Å². The number of benzene rings is 2. The van der Waals surface area contributed by atoms with Gasteiger partial charge in [-0.1, -0.05) is 36.4 Å². The van der Waals surface area contributed by atoms with Crippen molar-refractivity contribution in [1.29, 1.82) is 0 Å². The molecule has 3 nitrogen and oxygen atoms in total. The van der Waals surface area contributed by atoms with Crippen molar-refractivity contribution in [2.75, 3.05) is 0 Å². The first-order valence-electron chi connectivity index (χ1n) is 7.70. The third-order valence-electron chi connectivity index (χ3n) is 4.43. The van der Waals surface area contributed by atoms with Crippen molar-refractivity contribution < 1.29 is 14.4 Å². The Kier molecular flexibility index (Phi) is 3.17. The van der Waals surface area contributed by atoms with Crippen molar-refractivity contribution in [2.45, 2.75) is 12.0 Å². The Morgan fingerprint density at radius 1 is 0.913 bits per heavy atom. The number of aliphatic hydroxyl groups is 1. The zero-order valence-corrected chi connectivity index (χ0v) is 12.9. The maximum absolute atomic E-state index is 11.6. The molecule has 1 aromatic heterocycles. The zero-order chi connectivity index (χ0) is 15.9. The molecule has 114 valence electrons. The maximum Gasteiger partial charge on any atom is 0.168 e. The highest BCUT2D eigenvalue weighted by atomic mass is 16.5. The monoisotopic (exact) mass is 304 g/mol. The second-order valence-corrected chi connectivity index (χ2v) is 6.00. The molecule has 2 heterocycles. The summed E-state index contributed by atoms with van der Waals surface area (Å²) in [5, 5.41) is 11.6. The number of nitrogens with zero attached hydrogens (tertiary/aromatic N) is 1. The molecule has 0 aliphatic carbocycles. The van der Waals surface area contributed by atoms with E-state index in [4.69, 9.17) is 4.74 Å². The molecule has 0 saturated carbocycles. The van der Waals surface area contributed by atoms with E-state index in [-0.39, 0.29) is 0 Å². The quantitative estimate of drug-likeness (QED) is 0.701. The minimum Gasteiger partial charge on any atom is -0.457 e. The lowest BCUT2D eigenvalue weighted by molar-refractivity contribution is -0.671. The van der Waals surface area contributed by atoms with E-state index in [1.54, 1.807) is 0 Å². The smallest absolute Gasteiger partial charge is 0.168 e. The molecule has 1 N–H and O–H groups in total. The van der Waals surface area contributed by atoms with Crippen LogP contribution in [0.25, 0.3) is 0 Å². The summed E-state index contributed by atoms with van der Waals surface area (Å²) in [5.74, 6) is 1.51. The summed E-state index contributed by atoms with van der Waals surface area (Å²) in [6.45, 7) is 0. The average Bonchev–Trinajstić information content (AvgIpc) is 2.70. The summed E-state index contributed by atoms with van der Waals surface area (Å²) in [5.41, 5.74) is 1.55. The number of hydrogen-bond acceptors (Lipinski definition) is 2. The molecule has 1 unspecified atom stereocenters. The van der Waals surface area contributed by atoms with Gasteiger partial charge in [0.15, 0.2) is 12.4 Å². The third kappa shape index (κ3) is 2.30. The highest BCUT2D eigenvalue weighted by Crippen LogP contribution is 2.44. The van der Waals surface area contributed by atoms with E-state index in [0.717, 1.165) is 22.4 Å². The normalized spacial score (nSPS) is 19.2. The van der Waals surface area contributed by atoms with Gasteiger partial charge < -0.3 is 9.84 Å². The molecule has 0 radical (unpaired) electrons. The van der Waals surface area contributed by atoms with Gasteiger partial charge >= 0.3 is 0 Å². The lowest BCUT2D eigenvalue weighted by Gasteiger charge is -2.28. The Bertz CT molecular complexity index is 858. The van der Waals surface area contributed by atoms with Crippen LogP contribution < -0.4 is 9.30 Å². The van der Waals surface area contributed by atoms with Crippen molar-refractivity contribution in [3.05, 3.63) is 89.7 Å². The number of rotatable bonds is 1. The van der Waals surface area contributed by atoms with Crippen LogP contribution in [0.4, 0.5) is 0 Å². The summed E-state index contributed by atoms with van der Waals surface area (Å²) in [6, 6.07) is 19.5. The predicted octanol–water partition coefficient (Wildman–Crippen LogP) is 3.10. The topological polar surface area (TPSA) is 33.3 Å². The molecular weight excluding hydrogens is 286 g/mol. The number of aryl methyl sites for hydroxylation is 1. The first kappa shape index (κ1) is 14.0. The minimum absolute atomic E-state index is 0.480. The Labute approximate surface area is 135 Å². The molecule has 0 spiro atoms. The number of aromatic nitrogens is 1. The van der Waals surface area contributed by atoms with Gasteiger partial charge in [-0.25, -0.2) is 4.57 Å². The highest BCUT2D eigenvalue weighted by Gasteiger charge is 2.38. The lowest BCUT2D eigenvalue weighted by Crippen LogP contribution is -2.32. The highest BCUT2D eigenvalue weighted by molar-refractivity contribution is 5.52. The van der Waals surface area contributed by atoms with Crippen molar-refractivity contribution in [1.82, 2.24) is 0 Å². The average molecular weight is 304 g/mol. The van der Waals surface area contributed by atoms with Crippen molar-refractivity contribution in [3.63, 3.8) is 0 Å². The molecule has 1 aliphatic heterocycles. The van der Waals surface area contributed by atoms with Crippen LogP contribution in [-0.4, -0.2) is 5.11 Å². The largest absolute Gasteiger partial charge is 0.457 e. The number of pyridine rings is 1. The minimum atomic E-state index is -1.11. The number of para-hydroxylation sites is 2. The van der Waals surface area contributed by atoms with Gasteiger partial charge in [-0.3, -0.25) is 0 Å². The molecule has 1 aliphatic rings. The molecule has 0 bridgehead atoms. The van der Waals surface area contributed by atoms with Gasteiger partial charge in [0.2, 0.25) is 0 Å². The zero-order valence-electron chi connectivity index (χ0n) is 12.9. The van der Waals surface area contributed by atoms with E-state index in [2.05, 4.69) is 0 Å². The molecule has 3 aromatic rings. The second kappa shape index (κ2) is 5.21. The van der Waals surface area contributed by atoms with E-state index in [1.165, 1.54) is 0 Å². The molecule has 0 saturated heterocycles. The Morgan fingerprint density at radius 3 is 2.35 bits per heavy atom. The van der Waals surface area contributed by atoms with Crippen LogP contribution in [0.5, 0.6) is 11.5 Å². The summed E-state index contributed by atoms with van der Waals surface area (Å²) in [4.78, 5) is 0. The Hall–Kier alpha value is -2.65. The van der Waals surface area contributed by atoms with Crippen LogP contribution in [0.1, 0.15) is 16.7 Å². The maximum atomic E-state index is 11.6. The third-order valence-corrected chi connectivity index (χ3v) is 4.43. The van der Waals surface area contributed by atoms with E-state index in [0.29, 0.717) is 12.2 Å².